The van der Waals surface area contributed by atoms with Gasteiger partial charge in [-0.3, -0.25) is 0 Å². The molecule has 13 heavy (non-hydrogen) atoms. The van der Waals surface area contributed by atoms with Crippen LogP contribution in [0.5, 0.6) is 0 Å². The van der Waals surface area contributed by atoms with Gasteiger partial charge < -0.3 is 15.2 Å². The predicted molar refractivity (Wildman–Crippen MR) is 50.7 cm³/mol. The number of aliphatic hydroxyl groups excluding tert-OH is 1. The van der Waals surface area contributed by atoms with Crippen molar-refractivity contribution in [1.82, 2.24) is 0 Å². The van der Waals surface area contributed by atoms with Crippen LogP contribution in [0.2, 0.25) is 0 Å². The number of aliphatic hydroxyl groups is 1. The molecule has 1 unspecified atom stereocenters. The molecule has 0 amide bonds. The van der Waals surface area contributed by atoms with Crippen LogP contribution in [-0.4, -0.2) is 18.6 Å². The molecule has 0 saturated heterocycles. The molecule has 1 atom stereocenters. The topological polar surface area (TPSA) is 41.5 Å². The number of rotatable bonds is 3. The van der Waals surface area contributed by atoms with Crippen molar-refractivity contribution in [2.24, 2.45) is 0 Å². The average molecular weight is 250 g/mol. The summed E-state index contributed by atoms with van der Waals surface area (Å²) in [5, 5.41) is 11.7. The summed E-state index contributed by atoms with van der Waals surface area (Å²) in [5.41, 5.74) is 0.566. The van der Waals surface area contributed by atoms with Crippen molar-refractivity contribution in [3.63, 3.8) is 0 Å². The maximum atomic E-state index is 12.6. The van der Waals surface area contributed by atoms with Gasteiger partial charge in [0.15, 0.2) is 0 Å². The van der Waals surface area contributed by atoms with Crippen molar-refractivity contribution < 1.29 is 14.2 Å². The molecule has 0 fully saturated rings. The van der Waals surface area contributed by atoms with Crippen LogP contribution in [0, 0.1) is 5.82 Å². The number of methoxy groups -OCH3 is 1. The van der Waals surface area contributed by atoms with E-state index in [1.165, 1.54) is 25.3 Å². The minimum Gasteiger partial charge on any atom is -0.351 e. The van der Waals surface area contributed by atoms with Crippen LogP contribution in [-0.2, 0) is 4.74 Å². The lowest BCUT2D eigenvalue weighted by Gasteiger charge is -2.13. The number of halogens is 2. The minimum absolute atomic E-state index is 0.343. The number of hydrogen-bond donors (Lipinski definition) is 2. The van der Waals surface area contributed by atoms with Crippen molar-refractivity contribution >= 4 is 21.6 Å². The molecule has 0 aliphatic heterocycles. The van der Waals surface area contributed by atoms with Crippen LogP contribution in [0.15, 0.2) is 22.7 Å². The van der Waals surface area contributed by atoms with Gasteiger partial charge in [0.2, 0.25) is 6.41 Å². The van der Waals surface area contributed by atoms with Crippen molar-refractivity contribution in [3.8, 4) is 0 Å². The van der Waals surface area contributed by atoms with E-state index in [-0.39, 0.29) is 5.82 Å². The maximum absolute atomic E-state index is 12.6. The van der Waals surface area contributed by atoms with E-state index in [9.17, 15) is 4.39 Å². The molecule has 0 aliphatic carbocycles. The Kier molecular flexibility index (Phi) is 3.65. The van der Waals surface area contributed by atoms with E-state index < -0.39 is 6.41 Å². The lowest BCUT2D eigenvalue weighted by atomic mass is 10.3. The molecular formula is C8H9BrFNO2. The molecule has 0 saturated carbocycles. The summed E-state index contributed by atoms with van der Waals surface area (Å²) in [6.07, 6.45) is -1.10. The number of hydrogen-bond acceptors (Lipinski definition) is 3. The van der Waals surface area contributed by atoms with E-state index in [1.807, 2.05) is 0 Å². The fraction of sp³-hybridized carbons (Fsp3) is 0.250. The van der Waals surface area contributed by atoms with E-state index in [4.69, 9.17) is 5.11 Å². The first-order valence-electron chi connectivity index (χ1n) is 3.56. The minimum atomic E-state index is -1.10. The normalized spacial score (nSPS) is 12.6. The first kappa shape index (κ1) is 10.4. The molecular weight excluding hydrogens is 241 g/mol. The smallest absolute Gasteiger partial charge is 0.235 e. The van der Waals surface area contributed by atoms with Gasteiger partial charge in [0, 0.05) is 11.6 Å². The van der Waals surface area contributed by atoms with E-state index in [2.05, 4.69) is 26.0 Å². The number of anilines is 1. The van der Waals surface area contributed by atoms with E-state index >= 15 is 0 Å². The molecule has 0 spiro atoms. The second kappa shape index (κ2) is 4.55. The predicted octanol–water partition coefficient (Wildman–Crippen LogP) is 1.92. The van der Waals surface area contributed by atoms with Crippen molar-refractivity contribution in [1.29, 1.82) is 0 Å². The van der Waals surface area contributed by atoms with Gasteiger partial charge in [-0.2, -0.15) is 0 Å². The Bertz CT molecular complexity index is 295. The lowest BCUT2D eigenvalue weighted by molar-refractivity contribution is -0.0510. The van der Waals surface area contributed by atoms with Crippen LogP contribution >= 0.6 is 15.9 Å². The summed E-state index contributed by atoms with van der Waals surface area (Å²) in [4.78, 5) is 0. The van der Waals surface area contributed by atoms with Gasteiger partial charge >= 0.3 is 0 Å². The number of ether oxygens (including phenoxy) is 1. The zero-order valence-electron chi connectivity index (χ0n) is 6.92. The average Bonchev–Trinajstić information content (AvgIpc) is 2.09. The van der Waals surface area contributed by atoms with E-state index in [1.54, 1.807) is 0 Å². The molecule has 0 bridgehead atoms. The summed E-state index contributed by atoms with van der Waals surface area (Å²) in [6, 6.07) is 4.09. The fourth-order valence-electron chi connectivity index (χ4n) is 0.798. The molecule has 3 nitrogen and oxygen atoms in total. The summed E-state index contributed by atoms with van der Waals surface area (Å²) in [6.45, 7) is 0. The summed E-state index contributed by atoms with van der Waals surface area (Å²) >= 11 is 3.14. The van der Waals surface area contributed by atoms with Gasteiger partial charge in [-0.1, -0.05) is 0 Å². The molecule has 5 heteroatoms. The SMILES string of the molecule is COC(O)Nc1ccc(F)cc1Br. The first-order chi connectivity index (χ1) is 6.13. The van der Waals surface area contributed by atoms with Gasteiger partial charge in [-0.05, 0) is 34.1 Å². The summed E-state index contributed by atoms with van der Waals surface area (Å²) in [7, 11) is 1.36. The fourth-order valence-corrected chi connectivity index (χ4v) is 1.26. The van der Waals surface area contributed by atoms with Crippen LogP contribution in [0.4, 0.5) is 10.1 Å². The van der Waals surface area contributed by atoms with Gasteiger partial charge in [0.1, 0.15) is 5.82 Å². The Labute approximate surface area is 83.7 Å². The number of benzene rings is 1. The molecule has 2 N–H and O–H groups in total. The molecule has 0 heterocycles. The van der Waals surface area contributed by atoms with Crippen LogP contribution in [0.3, 0.4) is 0 Å². The maximum Gasteiger partial charge on any atom is 0.235 e. The van der Waals surface area contributed by atoms with Crippen LogP contribution in [0.25, 0.3) is 0 Å². The Hall–Kier alpha value is -0.650. The molecule has 0 radical (unpaired) electrons. The zero-order chi connectivity index (χ0) is 9.84. The summed E-state index contributed by atoms with van der Waals surface area (Å²) < 4.78 is 17.7. The van der Waals surface area contributed by atoms with Crippen LogP contribution in [0.1, 0.15) is 0 Å². The Morgan fingerprint density at radius 1 is 1.62 bits per heavy atom. The van der Waals surface area contributed by atoms with Crippen molar-refractivity contribution in [2.45, 2.75) is 6.41 Å². The zero-order valence-corrected chi connectivity index (χ0v) is 8.51. The molecule has 0 aliphatic rings. The molecule has 1 aromatic carbocycles. The molecule has 1 rings (SSSR count). The van der Waals surface area contributed by atoms with Gasteiger partial charge in [0.25, 0.3) is 0 Å². The third-order valence-corrected chi connectivity index (χ3v) is 2.09. The highest BCUT2D eigenvalue weighted by molar-refractivity contribution is 9.10. The Balaban J connectivity index is 2.77. The Morgan fingerprint density at radius 3 is 2.85 bits per heavy atom. The highest BCUT2D eigenvalue weighted by atomic mass is 79.9. The molecule has 1 aromatic rings. The molecule has 0 aromatic heterocycles. The van der Waals surface area contributed by atoms with Crippen molar-refractivity contribution in [2.75, 3.05) is 12.4 Å². The largest absolute Gasteiger partial charge is 0.351 e. The Morgan fingerprint density at radius 2 is 2.31 bits per heavy atom. The second-order valence-corrected chi connectivity index (χ2v) is 3.21. The molecule has 72 valence electrons. The summed E-state index contributed by atoms with van der Waals surface area (Å²) in [5.74, 6) is -0.343. The monoisotopic (exact) mass is 249 g/mol. The highest BCUT2D eigenvalue weighted by Crippen LogP contribution is 2.23. The standard InChI is InChI=1S/C8H9BrFNO2/c1-13-8(12)11-7-3-2-5(10)4-6(7)9/h2-4,8,11-12H,1H3. The second-order valence-electron chi connectivity index (χ2n) is 2.36. The van der Waals surface area contributed by atoms with Gasteiger partial charge in [-0.25, -0.2) is 4.39 Å². The van der Waals surface area contributed by atoms with Crippen LogP contribution < -0.4 is 5.32 Å². The van der Waals surface area contributed by atoms with Gasteiger partial charge in [-0.15, -0.1) is 0 Å². The van der Waals surface area contributed by atoms with E-state index in [0.717, 1.165) is 0 Å². The third kappa shape index (κ3) is 2.95. The quantitative estimate of drug-likeness (QED) is 0.805. The first-order valence-corrected chi connectivity index (χ1v) is 4.35. The van der Waals surface area contributed by atoms with Crippen molar-refractivity contribution in [3.05, 3.63) is 28.5 Å². The highest BCUT2D eigenvalue weighted by Gasteiger charge is 2.05. The number of nitrogens with one attached hydrogen (secondary N) is 1. The van der Waals surface area contributed by atoms with Gasteiger partial charge in [0.05, 0.1) is 5.69 Å². The van der Waals surface area contributed by atoms with E-state index in [0.29, 0.717) is 10.2 Å². The third-order valence-electron chi connectivity index (χ3n) is 1.43. The lowest BCUT2D eigenvalue weighted by Crippen LogP contribution is -2.20.